The summed E-state index contributed by atoms with van der Waals surface area (Å²) >= 11 is 0. The molecule has 0 bridgehead atoms. The van der Waals surface area contributed by atoms with Gasteiger partial charge in [-0.2, -0.15) is 0 Å². The van der Waals surface area contributed by atoms with Crippen molar-refractivity contribution < 1.29 is 4.79 Å². The van der Waals surface area contributed by atoms with Crippen molar-refractivity contribution in [1.82, 2.24) is 14.9 Å². The zero-order chi connectivity index (χ0) is 13.8. The fourth-order valence-corrected chi connectivity index (χ4v) is 2.48. The maximum Gasteiger partial charge on any atom is 0.228 e. The van der Waals surface area contributed by atoms with E-state index in [1.54, 1.807) is 12.5 Å². The quantitative estimate of drug-likeness (QED) is 0.901. The molecule has 22 heavy (non-hydrogen) atoms. The highest BCUT2D eigenvalue weighted by Crippen LogP contribution is 2.17. The lowest BCUT2D eigenvalue weighted by molar-refractivity contribution is -0.120. The van der Waals surface area contributed by atoms with E-state index in [0.717, 1.165) is 37.3 Å². The first-order valence-electron chi connectivity index (χ1n) is 6.93. The van der Waals surface area contributed by atoms with Gasteiger partial charge in [-0.25, -0.2) is 4.98 Å². The van der Waals surface area contributed by atoms with Crippen LogP contribution in [0.5, 0.6) is 0 Å². The van der Waals surface area contributed by atoms with Crippen molar-refractivity contribution in [3.8, 4) is 5.69 Å². The molecule has 1 aromatic carbocycles. The minimum Gasteiger partial charge on any atom is -0.326 e. The van der Waals surface area contributed by atoms with Crippen LogP contribution in [0.2, 0.25) is 0 Å². The number of hydrogen-bond donors (Lipinski definition) is 2. The van der Waals surface area contributed by atoms with Gasteiger partial charge in [0.15, 0.2) is 0 Å². The number of piperidine rings is 1. The Bertz CT molecular complexity index is 583. The summed E-state index contributed by atoms with van der Waals surface area (Å²) in [5.74, 6) is 0.167. The van der Waals surface area contributed by atoms with Gasteiger partial charge in [0.2, 0.25) is 5.91 Å². The topological polar surface area (TPSA) is 59.0 Å². The van der Waals surface area contributed by atoms with Crippen LogP contribution in [-0.2, 0) is 4.79 Å². The first-order chi connectivity index (χ1) is 9.83. The number of halogens is 2. The highest BCUT2D eigenvalue weighted by molar-refractivity contribution is 5.93. The molecule has 2 heterocycles. The molecule has 2 N–H and O–H groups in total. The molecule has 1 saturated heterocycles. The van der Waals surface area contributed by atoms with Crippen molar-refractivity contribution >= 4 is 36.4 Å². The summed E-state index contributed by atoms with van der Waals surface area (Å²) in [6.07, 6.45) is 7.38. The summed E-state index contributed by atoms with van der Waals surface area (Å²) < 4.78 is 1.91. The highest BCUT2D eigenvalue weighted by Gasteiger charge is 2.20. The van der Waals surface area contributed by atoms with Crippen LogP contribution in [0.1, 0.15) is 12.8 Å². The molecular weight excluding hydrogens is 323 g/mol. The second kappa shape index (κ2) is 8.78. The molecular formula is C15H20Cl2N4O. The number of amides is 1. The first-order valence-corrected chi connectivity index (χ1v) is 6.93. The van der Waals surface area contributed by atoms with Gasteiger partial charge in [0, 0.05) is 30.3 Å². The minimum absolute atomic E-state index is 0. The number of carbonyl (C=O) groups is 1. The number of anilines is 1. The summed E-state index contributed by atoms with van der Waals surface area (Å²) in [6.45, 7) is 1.78. The lowest BCUT2D eigenvalue weighted by Crippen LogP contribution is -2.37. The summed E-state index contributed by atoms with van der Waals surface area (Å²) in [6, 6.07) is 7.79. The zero-order valence-electron chi connectivity index (χ0n) is 12.1. The van der Waals surface area contributed by atoms with Gasteiger partial charge in [-0.3, -0.25) is 4.79 Å². The van der Waals surface area contributed by atoms with Crippen molar-refractivity contribution in [3.63, 3.8) is 0 Å². The Labute approximate surface area is 142 Å². The van der Waals surface area contributed by atoms with E-state index in [9.17, 15) is 4.79 Å². The van der Waals surface area contributed by atoms with Crippen LogP contribution in [0.3, 0.4) is 0 Å². The summed E-state index contributed by atoms with van der Waals surface area (Å²) in [4.78, 5) is 16.2. The molecule has 1 aliphatic rings. The van der Waals surface area contributed by atoms with Gasteiger partial charge < -0.3 is 15.2 Å². The number of imidazole rings is 1. The van der Waals surface area contributed by atoms with E-state index in [1.165, 1.54) is 0 Å². The molecule has 5 nitrogen and oxygen atoms in total. The predicted molar refractivity (Wildman–Crippen MR) is 92.3 cm³/mol. The highest BCUT2D eigenvalue weighted by atomic mass is 35.5. The van der Waals surface area contributed by atoms with Gasteiger partial charge in [-0.05, 0) is 37.6 Å². The summed E-state index contributed by atoms with van der Waals surface area (Å²) in [7, 11) is 0. The van der Waals surface area contributed by atoms with Crippen LogP contribution >= 0.6 is 24.8 Å². The molecule has 0 unspecified atom stereocenters. The van der Waals surface area contributed by atoms with E-state index in [-0.39, 0.29) is 36.6 Å². The van der Waals surface area contributed by atoms with Crippen molar-refractivity contribution in [2.24, 2.45) is 5.92 Å². The van der Waals surface area contributed by atoms with Gasteiger partial charge in [0.05, 0.1) is 12.2 Å². The first kappa shape index (κ1) is 18.5. The van der Waals surface area contributed by atoms with Gasteiger partial charge in [-0.15, -0.1) is 24.8 Å². The SMILES string of the molecule is Cl.Cl.O=C(Nc1cccc(-n2ccnc2)c1)[C@@H]1CCCNC1. The van der Waals surface area contributed by atoms with E-state index in [1.807, 2.05) is 35.0 Å². The number of hydrogen-bond acceptors (Lipinski definition) is 3. The van der Waals surface area contributed by atoms with E-state index < -0.39 is 0 Å². The number of benzene rings is 1. The molecule has 0 saturated carbocycles. The number of nitrogens with zero attached hydrogens (tertiary/aromatic N) is 2. The standard InChI is InChI=1S/C15H18N4O.2ClH/c20-15(12-3-2-6-16-10-12)18-13-4-1-5-14(9-13)19-8-7-17-11-19;;/h1,4-5,7-9,11-12,16H,2-3,6,10H2,(H,18,20);2*1H/t12-;;/m1../s1. The van der Waals surface area contributed by atoms with Crippen LogP contribution in [-0.4, -0.2) is 28.5 Å². The predicted octanol–water partition coefficient (Wildman–Crippen LogP) is 2.65. The Kier molecular flexibility index (Phi) is 7.38. The van der Waals surface area contributed by atoms with Crippen LogP contribution in [0.15, 0.2) is 43.0 Å². The van der Waals surface area contributed by atoms with Crippen molar-refractivity contribution in [2.75, 3.05) is 18.4 Å². The molecule has 0 spiro atoms. The third kappa shape index (κ3) is 4.47. The number of rotatable bonds is 3. The zero-order valence-corrected chi connectivity index (χ0v) is 13.7. The average Bonchev–Trinajstić information content (AvgIpc) is 3.03. The smallest absolute Gasteiger partial charge is 0.228 e. The maximum absolute atomic E-state index is 12.2. The lowest BCUT2D eigenvalue weighted by atomic mass is 9.99. The average molecular weight is 343 g/mol. The van der Waals surface area contributed by atoms with Gasteiger partial charge in [0.1, 0.15) is 0 Å². The van der Waals surface area contributed by atoms with Crippen LogP contribution in [0.25, 0.3) is 5.69 Å². The van der Waals surface area contributed by atoms with E-state index in [0.29, 0.717) is 0 Å². The molecule has 1 amide bonds. The Morgan fingerprint density at radius 3 is 2.91 bits per heavy atom. The van der Waals surface area contributed by atoms with E-state index >= 15 is 0 Å². The van der Waals surface area contributed by atoms with Crippen molar-refractivity contribution in [2.45, 2.75) is 12.8 Å². The number of carbonyl (C=O) groups excluding carboxylic acids is 1. The maximum atomic E-state index is 12.2. The van der Waals surface area contributed by atoms with Gasteiger partial charge in [0.25, 0.3) is 0 Å². The monoisotopic (exact) mass is 342 g/mol. The molecule has 120 valence electrons. The molecule has 1 atom stereocenters. The van der Waals surface area contributed by atoms with Crippen LogP contribution in [0, 0.1) is 5.92 Å². The fraction of sp³-hybridized carbons (Fsp3) is 0.333. The third-order valence-corrected chi connectivity index (χ3v) is 3.58. The number of aromatic nitrogens is 2. The fourth-order valence-electron chi connectivity index (χ4n) is 2.48. The van der Waals surface area contributed by atoms with Crippen LogP contribution < -0.4 is 10.6 Å². The largest absolute Gasteiger partial charge is 0.326 e. The molecule has 1 fully saturated rings. The Morgan fingerprint density at radius 2 is 2.23 bits per heavy atom. The molecule has 1 aromatic heterocycles. The van der Waals surface area contributed by atoms with E-state index in [4.69, 9.17) is 0 Å². The second-order valence-corrected chi connectivity index (χ2v) is 5.05. The van der Waals surface area contributed by atoms with Gasteiger partial charge in [-0.1, -0.05) is 6.07 Å². The van der Waals surface area contributed by atoms with Crippen molar-refractivity contribution in [1.29, 1.82) is 0 Å². The molecule has 2 aromatic rings. The molecule has 7 heteroatoms. The second-order valence-electron chi connectivity index (χ2n) is 5.05. The molecule has 0 radical (unpaired) electrons. The minimum atomic E-state index is 0. The summed E-state index contributed by atoms with van der Waals surface area (Å²) in [5, 5.41) is 6.26. The Hall–Kier alpha value is -1.56. The summed E-state index contributed by atoms with van der Waals surface area (Å²) in [5.41, 5.74) is 1.81. The molecule has 0 aliphatic carbocycles. The lowest BCUT2D eigenvalue weighted by Gasteiger charge is -2.22. The molecule has 1 aliphatic heterocycles. The van der Waals surface area contributed by atoms with Crippen LogP contribution in [0.4, 0.5) is 5.69 Å². The normalized spacial score (nSPS) is 17.0. The molecule has 3 rings (SSSR count). The van der Waals surface area contributed by atoms with Gasteiger partial charge >= 0.3 is 0 Å². The third-order valence-electron chi connectivity index (χ3n) is 3.58. The Balaban J connectivity index is 0.00000121. The van der Waals surface area contributed by atoms with E-state index in [2.05, 4.69) is 15.6 Å². The Morgan fingerprint density at radius 1 is 1.36 bits per heavy atom. The van der Waals surface area contributed by atoms with Crippen molar-refractivity contribution in [3.05, 3.63) is 43.0 Å². The number of nitrogens with one attached hydrogen (secondary N) is 2.